The monoisotopic (exact) mass is 181 g/mol. The molecule has 2 aliphatic rings. The Kier molecular flexibility index (Phi) is 1.73. The van der Waals surface area contributed by atoms with Crippen LogP contribution < -0.4 is 0 Å². The summed E-state index contributed by atoms with van der Waals surface area (Å²) in [6, 6.07) is 0. The summed E-state index contributed by atoms with van der Waals surface area (Å²) >= 11 is 0. The number of rotatable bonds is 0. The van der Waals surface area contributed by atoms with Crippen LogP contribution >= 0.6 is 0 Å². The van der Waals surface area contributed by atoms with Gasteiger partial charge in [-0.2, -0.15) is 5.06 Å². The van der Waals surface area contributed by atoms with Gasteiger partial charge in [-0.05, 0) is 12.3 Å². The lowest BCUT2D eigenvalue weighted by Gasteiger charge is -2.21. The quantitative estimate of drug-likeness (QED) is 0.337. The Morgan fingerprint density at radius 1 is 1.46 bits per heavy atom. The highest BCUT2D eigenvalue weighted by molar-refractivity contribution is 6.04. The van der Waals surface area contributed by atoms with Crippen LogP contribution in [0.2, 0.25) is 0 Å². The maximum atomic E-state index is 11.4. The fourth-order valence-corrected chi connectivity index (χ4v) is 2.13. The lowest BCUT2D eigenvalue weighted by atomic mass is 9.78. The van der Waals surface area contributed by atoms with Crippen LogP contribution in [0.4, 0.5) is 0 Å². The largest absolute Gasteiger partial charge is 0.278 e. The fourth-order valence-electron chi connectivity index (χ4n) is 2.13. The van der Waals surface area contributed by atoms with Crippen LogP contribution in [0, 0.1) is 17.8 Å². The van der Waals surface area contributed by atoms with Crippen molar-refractivity contribution in [2.24, 2.45) is 17.8 Å². The van der Waals surface area contributed by atoms with Gasteiger partial charge in [-0.25, -0.2) is 0 Å². The topological polar surface area (TPSA) is 57.6 Å². The highest BCUT2D eigenvalue weighted by Gasteiger charge is 2.49. The number of nitrogens with zero attached hydrogens (tertiary/aromatic N) is 1. The summed E-state index contributed by atoms with van der Waals surface area (Å²) in [4.78, 5) is 22.7. The Morgan fingerprint density at radius 2 is 2.15 bits per heavy atom. The highest BCUT2D eigenvalue weighted by atomic mass is 16.5. The molecule has 70 valence electrons. The van der Waals surface area contributed by atoms with Gasteiger partial charge in [0.15, 0.2) is 0 Å². The summed E-state index contributed by atoms with van der Waals surface area (Å²) in [5.74, 6) is -1.54. The first-order valence-electron chi connectivity index (χ1n) is 4.36. The van der Waals surface area contributed by atoms with Crippen molar-refractivity contribution in [1.29, 1.82) is 0 Å². The van der Waals surface area contributed by atoms with E-state index in [1.165, 1.54) is 0 Å². The average Bonchev–Trinajstić information content (AvgIpc) is 2.33. The molecular weight excluding hydrogens is 170 g/mol. The molecule has 1 heterocycles. The third-order valence-corrected chi connectivity index (χ3v) is 2.85. The van der Waals surface area contributed by atoms with Crippen LogP contribution in [-0.4, -0.2) is 22.1 Å². The van der Waals surface area contributed by atoms with E-state index in [1.54, 1.807) is 0 Å². The SMILES string of the molecule is C[C@@H]1C=CC[C@@H]2C(=O)N(O)C(=O)[C@H]12. The number of fused-ring (bicyclic) bond motifs is 1. The van der Waals surface area contributed by atoms with E-state index in [2.05, 4.69) is 0 Å². The standard InChI is InChI=1S/C9H11NO3/c1-5-3-2-4-6-7(5)9(12)10(13)8(6)11/h2-3,5-7,13H,4H2,1H3/t5-,6+,7-/m1/s1. The van der Waals surface area contributed by atoms with Gasteiger partial charge in [-0.1, -0.05) is 19.1 Å². The molecule has 0 unspecified atom stereocenters. The summed E-state index contributed by atoms with van der Waals surface area (Å²) < 4.78 is 0. The Bertz CT molecular complexity index is 297. The number of carbonyl (C=O) groups is 2. The highest BCUT2D eigenvalue weighted by Crippen LogP contribution is 2.37. The summed E-state index contributed by atoms with van der Waals surface area (Å²) in [5, 5.41) is 9.40. The second-order valence-corrected chi connectivity index (χ2v) is 3.64. The van der Waals surface area contributed by atoms with Crippen molar-refractivity contribution in [2.75, 3.05) is 0 Å². The van der Waals surface area contributed by atoms with Crippen molar-refractivity contribution in [3.8, 4) is 0 Å². The number of hydrogen-bond acceptors (Lipinski definition) is 3. The second kappa shape index (κ2) is 2.67. The second-order valence-electron chi connectivity index (χ2n) is 3.64. The molecule has 2 rings (SSSR count). The molecule has 0 saturated carbocycles. The molecule has 1 aliphatic heterocycles. The molecule has 1 N–H and O–H groups in total. The maximum Gasteiger partial charge on any atom is 0.257 e. The normalized spacial score (nSPS) is 38.3. The van der Waals surface area contributed by atoms with Crippen molar-refractivity contribution in [3.05, 3.63) is 12.2 Å². The Hall–Kier alpha value is -1.16. The zero-order valence-corrected chi connectivity index (χ0v) is 7.30. The molecule has 1 saturated heterocycles. The van der Waals surface area contributed by atoms with Gasteiger partial charge in [-0.3, -0.25) is 14.8 Å². The van der Waals surface area contributed by atoms with Gasteiger partial charge < -0.3 is 0 Å². The Balaban J connectivity index is 2.36. The first-order chi connectivity index (χ1) is 6.13. The van der Waals surface area contributed by atoms with Crippen molar-refractivity contribution >= 4 is 11.8 Å². The van der Waals surface area contributed by atoms with Gasteiger partial charge in [0.05, 0.1) is 11.8 Å². The average molecular weight is 181 g/mol. The van der Waals surface area contributed by atoms with E-state index >= 15 is 0 Å². The molecular formula is C9H11NO3. The molecule has 1 aliphatic carbocycles. The number of hydrogen-bond donors (Lipinski definition) is 1. The molecule has 4 heteroatoms. The molecule has 0 radical (unpaired) electrons. The van der Waals surface area contributed by atoms with E-state index in [0.717, 1.165) is 0 Å². The van der Waals surface area contributed by atoms with Crippen LogP contribution in [0.15, 0.2) is 12.2 Å². The molecule has 0 spiro atoms. The van der Waals surface area contributed by atoms with Crippen LogP contribution in [0.3, 0.4) is 0 Å². The van der Waals surface area contributed by atoms with E-state index in [9.17, 15) is 9.59 Å². The minimum absolute atomic E-state index is 0.0485. The van der Waals surface area contributed by atoms with E-state index in [0.29, 0.717) is 6.42 Å². The van der Waals surface area contributed by atoms with E-state index < -0.39 is 11.8 Å². The lowest BCUT2D eigenvalue weighted by molar-refractivity contribution is -0.173. The molecule has 2 amide bonds. The lowest BCUT2D eigenvalue weighted by Crippen LogP contribution is -2.28. The summed E-state index contributed by atoms with van der Waals surface area (Å²) in [7, 11) is 0. The maximum absolute atomic E-state index is 11.4. The van der Waals surface area contributed by atoms with Crippen molar-refractivity contribution in [2.45, 2.75) is 13.3 Å². The van der Waals surface area contributed by atoms with Gasteiger partial charge in [0.1, 0.15) is 0 Å². The minimum atomic E-state index is -0.453. The first-order valence-corrected chi connectivity index (χ1v) is 4.36. The molecule has 4 nitrogen and oxygen atoms in total. The van der Waals surface area contributed by atoms with Crippen molar-refractivity contribution < 1.29 is 14.8 Å². The van der Waals surface area contributed by atoms with Gasteiger partial charge in [0.25, 0.3) is 11.8 Å². The zero-order valence-electron chi connectivity index (χ0n) is 7.30. The molecule has 3 atom stereocenters. The predicted octanol–water partition coefficient (Wildman–Crippen LogP) is 0.573. The Labute approximate surface area is 75.8 Å². The van der Waals surface area contributed by atoms with Crippen LogP contribution in [-0.2, 0) is 9.59 Å². The number of hydroxylamine groups is 2. The van der Waals surface area contributed by atoms with Gasteiger partial charge in [-0.15, -0.1) is 0 Å². The van der Waals surface area contributed by atoms with Gasteiger partial charge in [0.2, 0.25) is 0 Å². The van der Waals surface area contributed by atoms with E-state index in [-0.39, 0.29) is 22.8 Å². The van der Waals surface area contributed by atoms with Crippen LogP contribution in [0.1, 0.15) is 13.3 Å². The summed E-state index contributed by atoms with van der Waals surface area (Å²) in [6.45, 7) is 1.89. The van der Waals surface area contributed by atoms with Crippen molar-refractivity contribution in [3.63, 3.8) is 0 Å². The molecule has 0 aromatic carbocycles. The van der Waals surface area contributed by atoms with Gasteiger partial charge >= 0.3 is 0 Å². The first kappa shape index (κ1) is 8.44. The van der Waals surface area contributed by atoms with Crippen molar-refractivity contribution in [1.82, 2.24) is 5.06 Å². The number of imide groups is 1. The minimum Gasteiger partial charge on any atom is -0.278 e. The van der Waals surface area contributed by atoms with Crippen LogP contribution in [0.5, 0.6) is 0 Å². The van der Waals surface area contributed by atoms with Gasteiger partial charge in [0, 0.05) is 0 Å². The van der Waals surface area contributed by atoms with E-state index in [1.807, 2.05) is 19.1 Å². The molecule has 0 bridgehead atoms. The number of allylic oxidation sites excluding steroid dienone is 2. The molecule has 0 aromatic heterocycles. The van der Waals surface area contributed by atoms with Crippen LogP contribution in [0.25, 0.3) is 0 Å². The summed E-state index contributed by atoms with van der Waals surface area (Å²) in [5.41, 5.74) is 0. The summed E-state index contributed by atoms with van der Waals surface area (Å²) in [6.07, 6.45) is 4.39. The fraction of sp³-hybridized carbons (Fsp3) is 0.556. The zero-order chi connectivity index (χ0) is 9.59. The molecule has 13 heavy (non-hydrogen) atoms. The Morgan fingerprint density at radius 3 is 2.77 bits per heavy atom. The third-order valence-electron chi connectivity index (χ3n) is 2.85. The van der Waals surface area contributed by atoms with E-state index in [4.69, 9.17) is 5.21 Å². The number of carbonyl (C=O) groups excluding carboxylic acids is 2. The third kappa shape index (κ3) is 1.02. The smallest absolute Gasteiger partial charge is 0.257 e. The molecule has 0 aromatic rings. The predicted molar refractivity (Wildman–Crippen MR) is 43.5 cm³/mol. The number of amides is 2. The molecule has 1 fully saturated rings.